The molecule has 3 aromatic rings. The van der Waals surface area contributed by atoms with Crippen LogP contribution in [-0.2, 0) is 12.8 Å². The van der Waals surface area contributed by atoms with Gasteiger partial charge in [0.1, 0.15) is 0 Å². The molecule has 1 aromatic heterocycles. The molecule has 1 heterocycles. The zero-order valence-electron chi connectivity index (χ0n) is 14.8. The van der Waals surface area contributed by atoms with Crippen molar-refractivity contribution in [3.63, 3.8) is 0 Å². The lowest BCUT2D eigenvalue weighted by Crippen LogP contribution is -2.33. The molecule has 2 N–H and O–H groups in total. The molecule has 0 bridgehead atoms. The van der Waals surface area contributed by atoms with Crippen molar-refractivity contribution < 1.29 is 4.52 Å². The Labute approximate surface area is 160 Å². The van der Waals surface area contributed by atoms with Crippen molar-refractivity contribution in [1.82, 2.24) is 15.0 Å². The van der Waals surface area contributed by atoms with Crippen LogP contribution in [0.5, 0.6) is 0 Å². The van der Waals surface area contributed by atoms with Crippen molar-refractivity contribution in [3.05, 3.63) is 72.1 Å². The van der Waals surface area contributed by atoms with E-state index in [9.17, 15) is 0 Å². The van der Waals surface area contributed by atoms with Gasteiger partial charge in [-0.25, -0.2) is 0 Å². The summed E-state index contributed by atoms with van der Waals surface area (Å²) in [6.07, 6.45) is 1.74. The summed E-state index contributed by atoms with van der Waals surface area (Å²) in [5, 5.41) is 4.07. The van der Waals surface area contributed by atoms with Gasteiger partial charge in [0.2, 0.25) is 11.7 Å². The van der Waals surface area contributed by atoms with E-state index in [1.54, 1.807) is 0 Å². The van der Waals surface area contributed by atoms with Crippen LogP contribution in [-0.4, -0.2) is 41.2 Å². The zero-order valence-corrected chi connectivity index (χ0v) is 15.6. The first-order chi connectivity index (χ1) is 12.3. The van der Waals surface area contributed by atoms with E-state index < -0.39 is 0 Å². The topological polar surface area (TPSA) is 68.2 Å². The molecule has 0 saturated carbocycles. The van der Waals surface area contributed by atoms with Gasteiger partial charge in [-0.3, -0.25) is 0 Å². The Morgan fingerprint density at radius 3 is 2.19 bits per heavy atom. The number of benzene rings is 2. The third kappa shape index (κ3) is 5.95. The van der Waals surface area contributed by atoms with Crippen LogP contribution in [0.4, 0.5) is 0 Å². The maximum absolute atomic E-state index is 5.75. The maximum Gasteiger partial charge on any atom is 0.228 e. The number of halogens is 1. The average Bonchev–Trinajstić information content (AvgIpc) is 3.15. The highest BCUT2D eigenvalue weighted by molar-refractivity contribution is 5.85. The Kier molecular flexibility index (Phi) is 8.28. The van der Waals surface area contributed by atoms with Gasteiger partial charge in [0, 0.05) is 38.2 Å². The number of hydrogen-bond donors (Lipinski definition) is 1. The zero-order chi connectivity index (χ0) is 17.3. The fourth-order valence-corrected chi connectivity index (χ4v) is 2.76. The van der Waals surface area contributed by atoms with Gasteiger partial charge in [-0.2, -0.15) is 4.98 Å². The van der Waals surface area contributed by atoms with Crippen LogP contribution in [0.3, 0.4) is 0 Å². The Morgan fingerprint density at radius 1 is 0.846 bits per heavy atom. The second kappa shape index (κ2) is 10.7. The van der Waals surface area contributed by atoms with Gasteiger partial charge in [-0.1, -0.05) is 65.8 Å². The maximum atomic E-state index is 5.75. The fourth-order valence-electron chi connectivity index (χ4n) is 2.76. The number of nitrogens with two attached hydrogens (primary N) is 1. The summed E-state index contributed by atoms with van der Waals surface area (Å²) in [5.41, 5.74) is 8.07. The summed E-state index contributed by atoms with van der Waals surface area (Å²) in [6, 6.07) is 20.4. The molecule has 0 spiro atoms. The molecule has 26 heavy (non-hydrogen) atoms. The monoisotopic (exact) mass is 372 g/mol. The molecule has 3 rings (SSSR count). The molecule has 0 radical (unpaired) electrons. The Hall–Kier alpha value is -2.21. The van der Waals surface area contributed by atoms with Gasteiger partial charge in [0.15, 0.2) is 0 Å². The SMILES string of the molecule is Cl.NCCN(CCc1ccccc1)CCc1nc(-c2ccccc2)no1. The van der Waals surface area contributed by atoms with E-state index in [2.05, 4.69) is 39.3 Å². The minimum Gasteiger partial charge on any atom is -0.339 e. The summed E-state index contributed by atoms with van der Waals surface area (Å²) in [6.45, 7) is 3.35. The molecular formula is C20H25ClN4O. The second-order valence-electron chi connectivity index (χ2n) is 5.99. The third-order valence-corrected chi connectivity index (χ3v) is 4.15. The Bertz CT molecular complexity index is 749. The number of rotatable bonds is 9. The van der Waals surface area contributed by atoms with Gasteiger partial charge >= 0.3 is 0 Å². The van der Waals surface area contributed by atoms with E-state index >= 15 is 0 Å². The quantitative estimate of drug-likeness (QED) is 0.624. The van der Waals surface area contributed by atoms with E-state index in [0.29, 0.717) is 18.3 Å². The molecule has 138 valence electrons. The summed E-state index contributed by atoms with van der Waals surface area (Å²) >= 11 is 0. The van der Waals surface area contributed by atoms with Gasteiger partial charge in [-0.05, 0) is 12.0 Å². The van der Waals surface area contributed by atoms with Gasteiger partial charge < -0.3 is 15.2 Å². The van der Waals surface area contributed by atoms with Crippen molar-refractivity contribution >= 4 is 12.4 Å². The van der Waals surface area contributed by atoms with Crippen molar-refractivity contribution in [3.8, 4) is 11.4 Å². The van der Waals surface area contributed by atoms with Crippen molar-refractivity contribution in [1.29, 1.82) is 0 Å². The molecular weight excluding hydrogens is 348 g/mol. The molecule has 0 saturated heterocycles. The summed E-state index contributed by atoms with van der Waals surface area (Å²) in [5.74, 6) is 1.31. The first-order valence-corrected chi connectivity index (χ1v) is 8.69. The van der Waals surface area contributed by atoms with E-state index in [4.69, 9.17) is 10.3 Å². The van der Waals surface area contributed by atoms with Crippen LogP contribution in [0.1, 0.15) is 11.5 Å². The standard InChI is InChI=1S/C20H24N4O.ClH/c21-13-16-24(14-11-17-7-3-1-4-8-17)15-12-19-22-20(23-25-19)18-9-5-2-6-10-18;/h1-10H,11-16,21H2;1H. The van der Waals surface area contributed by atoms with Gasteiger partial charge in [-0.15, -0.1) is 12.4 Å². The van der Waals surface area contributed by atoms with Crippen LogP contribution in [0.2, 0.25) is 0 Å². The van der Waals surface area contributed by atoms with E-state index in [1.165, 1.54) is 5.56 Å². The lowest BCUT2D eigenvalue weighted by molar-refractivity contribution is 0.272. The molecule has 5 nitrogen and oxygen atoms in total. The normalized spacial score (nSPS) is 10.7. The fraction of sp³-hybridized carbons (Fsp3) is 0.300. The molecule has 0 unspecified atom stereocenters. The lowest BCUT2D eigenvalue weighted by Gasteiger charge is -2.20. The first-order valence-electron chi connectivity index (χ1n) is 8.69. The molecule has 0 amide bonds. The number of aromatic nitrogens is 2. The van der Waals surface area contributed by atoms with Crippen LogP contribution in [0.25, 0.3) is 11.4 Å². The summed E-state index contributed by atoms with van der Waals surface area (Å²) in [4.78, 5) is 6.84. The van der Waals surface area contributed by atoms with Crippen molar-refractivity contribution in [2.24, 2.45) is 5.73 Å². The molecule has 2 aromatic carbocycles. The molecule has 0 aliphatic rings. The van der Waals surface area contributed by atoms with Crippen molar-refractivity contribution in [2.75, 3.05) is 26.2 Å². The molecule has 0 aliphatic heterocycles. The minimum absolute atomic E-state index is 0. The van der Waals surface area contributed by atoms with E-state index in [0.717, 1.165) is 38.0 Å². The highest BCUT2D eigenvalue weighted by Crippen LogP contribution is 2.15. The molecule has 0 aliphatic carbocycles. The van der Waals surface area contributed by atoms with Crippen LogP contribution >= 0.6 is 12.4 Å². The van der Waals surface area contributed by atoms with Crippen LogP contribution in [0, 0.1) is 0 Å². The minimum atomic E-state index is 0. The summed E-state index contributed by atoms with van der Waals surface area (Å²) < 4.78 is 5.39. The van der Waals surface area contributed by atoms with E-state index in [-0.39, 0.29) is 12.4 Å². The molecule has 0 atom stereocenters. The Morgan fingerprint density at radius 2 is 1.50 bits per heavy atom. The highest BCUT2D eigenvalue weighted by Gasteiger charge is 2.11. The Balaban J connectivity index is 0.00000243. The molecule has 0 fully saturated rings. The molecule has 6 heteroatoms. The largest absolute Gasteiger partial charge is 0.339 e. The van der Waals surface area contributed by atoms with Gasteiger partial charge in [0.25, 0.3) is 0 Å². The third-order valence-electron chi connectivity index (χ3n) is 4.15. The predicted octanol–water partition coefficient (Wildman–Crippen LogP) is 3.20. The van der Waals surface area contributed by atoms with Crippen LogP contribution in [0.15, 0.2) is 65.2 Å². The van der Waals surface area contributed by atoms with Gasteiger partial charge in [0.05, 0.1) is 0 Å². The van der Waals surface area contributed by atoms with Crippen molar-refractivity contribution in [2.45, 2.75) is 12.8 Å². The number of hydrogen-bond acceptors (Lipinski definition) is 5. The summed E-state index contributed by atoms with van der Waals surface area (Å²) in [7, 11) is 0. The second-order valence-corrected chi connectivity index (χ2v) is 5.99. The number of nitrogens with zero attached hydrogens (tertiary/aromatic N) is 3. The first kappa shape index (κ1) is 20.1. The lowest BCUT2D eigenvalue weighted by atomic mass is 10.1. The van der Waals surface area contributed by atoms with Crippen LogP contribution < -0.4 is 5.73 Å². The highest BCUT2D eigenvalue weighted by atomic mass is 35.5. The smallest absolute Gasteiger partial charge is 0.228 e. The predicted molar refractivity (Wildman–Crippen MR) is 106 cm³/mol. The average molecular weight is 373 g/mol. The van der Waals surface area contributed by atoms with E-state index in [1.807, 2.05) is 36.4 Å².